The lowest BCUT2D eigenvalue weighted by atomic mass is 10.0. The Morgan fingerprint density at radius 1 is 1.29 bits per heavy atom. The number of fused-ring (bicyclic) bond motifs is 1. The van der Waals surface area contributed by atoms with Crippen molar-refractivity contribution in [2.24, 2.45) is 5.92 Å². The Kier molecular flexibility index (Phi) is 3.51. The average Bonchev–Trinajstić information content (AvgIpc) is 2.79. The Morgan fingerprint density at radius 2 is 2.05 bits per heavy atom. The Labute approximate surface area is 121 Å². The molecule has 1 unspecified atom stereocenters. The number of nitrogens with zero attached hydrogens (tertiary/aromatic N) is 2. The first-order valence-corrected chi connectivity index (χ1v) is 7.13. The van der Waals surface area contributed by atoms with Crippen LogP contribution >= 0.6 is 0 Å². The Morgan fingerprint density at radius 3 is 2.81 bits per heavy atom. The molecule has 2 aromatic rings. The molecule has 1 aliphatic heterocycles. The van der Waals surface area contributed by atoms with E-state index in [2.05, 4.69) is 16.5 Å². The Balaban J connectivity index is 1.88. The fourth-order valence-electron chi connectivity index (χ4n) is 2.87. The molecular formula is C16H17F3N2. The highest BCUT2D eigenvalue weighted by molar-refractivity contribution is 5.33. The smallest absolute Gasteiger partial charge is 0.335 e. The van der Waals surface area contributed by atoms with Crippen molar-refractivity contribution in [1.82, 2.24) is 9.55 Å². The number of benzene rings is 1. The van der Waals surface area contributed by atoms with Crippen molar-refractivity contribution < 1.29 is 13.2 Å². The van der Waals surface area contributed by atoms with Gasteiger partial charge < -0.3 is 4.57 Å². The molecule has 3 rings (SSSR count). The van der Waals surface area contributed by atoms with Crippen LogP contribution in [0, 0.1) is 5.92 Å². The van der Waals surface area contributed by atoms with E-state index in [1.54, 1.807) is 6.07 Å². The van der Waals surface area contributed by atoms with E-state index in [0.29, 0.717) is 5.92 Å². The maximum atomic E-state index is 13.0. The van der Waals surface area contributed by atoms with E-state index in [1.807, 2.05) is 6.20 Å². The van der Waals surface area contributed by atoms with Gasteiger partial charge in [-0.1, -0.05) is 25.1 Å². The number of halogens is 3. The van der Waals surface area contributed by atoms with Crippen LogP contribution in [0.15, 0.2) is 30.5 Å². The molecule has 0 bridgehead atoms. The summed E-state index contributed by atoms with van der Waals surface area (Å²) in [5.41, 5.74) is 0.439. The third kappa shape index (κ3) is 2.96. The fourth-order valence-corrected chi connectivity index (χ4v) is 2.87. The molecule has 1 aromatic carbocycles. The van der Waals surface area contributed by atoms with Crippen molar-refractivity contribution in [3.63, 3.8) is 0 Å². The molecule has 0 saturated heterocycles. The molecule has 0 aliphatic carbocycles. The SMILES string of the molecule is CC1CCn2cc(Cc3ccccc3C(F)(F)F)nc2C1. The van der Waals surface area contributed by atoms with Crippen molar-refractivity contribution in [2.45, 2.75) is 38.9 Å². The van der Waals surface area contributed by atoms with Crippen molar-refractivity contribution in [3.05, 3.63) is 53.1 Å². The summed E-state index contributed by atoms with van der Waals surface area (Å²) in [6.07, 6.45) is -0.189. The van der Waals surface area contributed by atoms with E-state index in [9.17, 15) is 13.2 Å². The third-order valence-electron chi connectivity index (χ3n) is 4.00. The molecule has 5 heteroatoms. The maximum absolute atomic E-state index is 13.0. The molecule has 112 valence electrons. The van der Waals surface area contributed by atoms with Crippen LogP contribution in [-0.4, -0.2) is 9.55 Å². The van der Waals surface area contributed by atoms with Gasteiger partial charge in [-0.25, -0.2) is 4.98 Å². The Bertz CT molecular complexity index is 643. The molecular weight excluding hydrogens is 277 g/mol. The van der Waals surface area contributed by atoms with E-state index >= 15 is 0 Å². The number of aryl methyl sites for hydroxylation is 1. The lowest BCUT2D eigenvalue weighted by Gasteiger charge is -2.18. The summed E-state index contributed by atoms with van der Waals surface area (Å²) in [7, 11) is 0. The van der Waals surface area contributed by atoms with Gasteiger partial charge in [0.25, 0.3) is 0 Å². The highest BCUT2D eigenvalue weighted by Gasteiger charge is 2.33. The summed E-state index contributed by atoms with van der Waals surface area (Å²) in [6, 6.07) is 5.73. The molecule has 2 nitrogen and oxygen atoms in total. The molecule has 0 N–H and O–H groups in total. The molecule has 0 amide bonds. The van der Waals surface area contributed by atoms with Gasteiger partial charge in [0.15, 0.2) is 0 Å². The van der Waals surface area contributed by atoms with E-state index in [4.69, 9.17) is 0 Å². The second-order valence-corrected chi connectivity index (χ2v) is 5.77. The molecule has 0 radical (unpaired) electrons. The second-order valence-electron chi connectivity index (χ2n) is 5.77. The molecule has 2 heterocycles. The molecule has 0 saturated carbocycles. The lowest BCUT2D eigenvalue weighted by Crippen LogP contribution is -2.16. The van der Waals surface area contributed by atoms with Crippen molar-refractivity contribution >= 4 is 0 Å². The van der Waals surface area contributed by atoms with Gasteiger partial charge in [0.05, 0.1) is 11.3 Å². The summed E-state index contributed by atoms with van der Waals surface area (Å²) in [6.45, 7) is 3.08. The summed E-state index contributed by atoms with van der Waals surface area (Å²) in [5, 5.41) is 0. The summed E-state index contributed by atoms with van der Waals surface area (Å²) < 4.78 is 41.1. The number of hydrogen-bond donors (Lipinski definition) is 0. The normalized spacial score (nSPS) is 18.6. The summed E-state index contributed by atoms with van der Waals surface area (Å²) in [5.74, 6) is 1.59. The van der Waals surface area contributed by atoms with Gasteiger partial charge >= 0.3 is 6.18 Å². The molecule has 21 heavy (non-hydrogen) atoms. The van der Waals surface area contributed by atoms with Gasteiger partial charge in [-0.05, 0) is 24.0 Å². The first-order valence-electron chi connectivity index (χ1n) is 7.13. The predicted molar refractivity (Wildman–Crippen MR) is 74.0 cm³/mol. The predicted octanol–water partition coefficient (Wildman–Crippen LogP) is 4.08. The quantitative estimate of drug-likeness (QED) is 0.816. The molecule has 0 spiro atoms. The van der Waals surface area contributed by atoms with Crippen LogP contribution in [0.2, 0.25) is 0 Å². The summed E-state index contributed by atoms with van der Waals surface area (Å²) in [4.78, 5) is 4.52. The van der Waals surface area contributed by atoms with Crippen LogP contribution in [0.4, 0.5) is 13.2 Å². The van der Waals surface area contributed by atoms with Crippen molar-refractivity contribution in [2.75, 3.05) is 0 Å². The molecule has 1 atom stereocenters. The fraction of sp³-hybridized carbons (Fsp3) is 0.438. The van der Waals surface area contributed by atoms with Gasteiger partial charge in [0.2, 0.25) is 0 Å². The largest absolute Gasteiger partial charge is 0.416 e. The number of alkyl halides is 3. The minimum absolute atomic E-state index is 0.226. The number of imidazole rings is 1. The highest BCUT2D eigenvalue weighted by atomic mass is 19.4. The van der Waals surface area contributed by atoms with Gasteiger partial charge in [-0.2, -0.15) is 13.2 Å². The second kappa shape index (κ2) is 5.20. The topological polar surface area (TPSA) is 17.8 Å². The Hall–Kier alpha value is -1.78. The number of rotatable bonds is 2. The van der Waals surface area contributed by atoms with Gasteiger partial charge in [-0.3, -0.25) is 0 Å². The van der Waals surface area contributed by atoms with Crippen LogP contribution < -0.4 is 0 Å². The van der Waals surface area contributed by atoms with Crippen molar-refractivity contribution in [3.8, 4) is 0 Å². The van der Waals surface area contributed by atoms with Crippen LogP contribution in [0.25, 0.3) is 0 Å². The number of aromatic nitrogens is 2. The van der Waals surface area contributed by atoms with Crippen LogP contribution in [0.5, 0.6) is 0 Å². The van der Waals surface area contributed by atoms with Crippen molar-refractivity contribution in [1.29, 1.82) is 0 Å². The monoisotopic (exact) mass is 294 g/mol. The standard InChI is InChI=1S/C16H17F3N2/c1-11-6-7-21-10-13(20-15(21)8-11)9-12-4-2-3-5-14(12)16(17,18)19/h2-5,10-11H,6-9H2,1H3. The zero-order valence-electron chi connectivity index (χ0n) is 11.8. The first kappa shape index (κ1) is 14.2. The maximum Gasteiger partial charge on any atom is 0.416 e. The van der Waals surface area contributed by atoms with Gasteiger partial charge in [-0.15, -0.1) is 0 Å². The lowest BCUT2D eigenvalue weighted by molar-refractivity contribution is -0.138. The van der Waals surface area contributed by atoms with Crippen LogP contribution in [0.3, 0.4) is 0 Å². The molecule has 0 fully saturated rings. The third-order valence-corrected chi connectivity index (χ3v) is 4.00. The zero-order valence-corrected chi connectivity index (χ0v) is 11.8. The molecule has 1 aromatic heterocycles. The first-order chi connectivity index (χ1) is 9.93. The minimum Gasteiger partial charge on any atom is -0.335 e. The minimum atomic E-state index is -4.32. The highest BCUT2D eigenvalue weighted by Crippen LogP contribution is 2.33. The van der Waals surface area contributed by atoms with E-state index in [1.165, 1.54) is 12.1 Å². The van der Waals surface area contributed by atoms with Crippen LogP contribution in [0.1, 0.15) is 36.0 Å². The average molecular weight is 294 g/mol. The van der Waals surface area contributed by atoms with E-state index in [0.717, 1.165) is 37.0 Å². The molecule has 1 aliphatic rings. The number of hydrogen-bond acceptors (Lipinski definition) is 1. The zero-order chi connectivity index (χ0) is 15.0. The van der Waals surface area contributed by atoms with Gasteiger partial charge in [0, 0.05) is 25.6 Å². The summed E-state index contributed by atoms with van der Waals surface area (Å²) >= 11 is 0. The van der Waals surface area contributed by atoms with Crippen LogP contribution in [-0.2, 0) is 25.6 Å². The van der Waals surface area contributed by atoms with Gasteiger partial charge in [0.1, 0.15) is 5.82 Å². The van der Waals surface area contributed by atoms with E-state index in [-0.39, 0.29) is 12.0 Å². The van der Waals surface area contributed by atoms with E-state index < -0.39 is 11.7 Å².